The zero-order valence-electron chi connectivity index (χ0n) is 14.3. The van der Waals surface area contributed by atoms with E-state index in [1.807, 2.05) is 12.1 Å². The van der Waals surface area contributed by atoms with Crippen LogP contribution in [-0.4, -0.2) is 14.2 Å². The molecule has 1 aromatic carbocycles. The van der Waals surface area contributed by atoms with Crippen LogP contribution in [0.5, 0.6) is 5.88 Å². The minimum Gasteiger partial charge on any atom is -0.494 e. The van der Waals surface area contributed by atoms with Crippen molar-refractivity contribution >= 4 is 11.6 Å². The zero-order chi connectivity index (χ0) is 18.0. The summed E-state index contributed by atoms with van der Waals surface area (Å²) in [5.74, 6) is 0.362. The van der Waals surface area contributed by atoms with Crippen LogP contribution in [-0.2, 0) is 13.0 Å². The molecule has 0 amide bonds. The van der Waals surface area contributed by atoms with E-state index < -0.39 is 11.2 Å². The lowest BCUT2D eigenvalue weighted by molar-refractivity contribution is 0.270. The number of hydrogen-bond donors (Lipinski definition) is 1. The van der Waals surface area contributed by atoms with E-state index in [0.717, 1.165) is 37.3 Å². The number of hydrogen-bond acceptors (Lipinski definition) is 3. The highest BCUT2D eigenvalue weighted by Crippen LogP contribution is 2.30. The van der Waals surface area contributed by atoms with Crippen molar-refractivity contribution in [3.8, 4) is 5.88 Å². The van der Waals surface area contributed by atoms with Crippen molar-refractivity contribution in [2.45, 2.75) is 51.6 Å². The van der Waals surface area contributed by atoms with E-state index >= 15 is 0 Å². The van der Waals surface area contributed by atoms with Gasteiger partial charge in [-0.15, -0.1) is 0 Å². The molecule has 1 aliphatic rings. The zero-order valence-corrected chi connectivity index (χ0v) is 15.1. The van der Waals surface area contributed by atoms with Crippen LogP contribution in [0.25, 0.3) is 0 Å². The van der Waals surface area contributed by atoms with Gasteiger partial charge in [0.2, 0.25) is 5.88 Å². The lowest BCUT2D eigenvalue weighted by Gasteiger charge is -2.27. The van der Waals surface area contributed by atoms with Crippen LogP contribution in [0.15, 0.2) is 39.9 Å². The molecule has 5 nitrogen and oxygen atoms in total. The van der Waals surface area contributed by atoms with Crippen molar-refractivity contribution in [1.82, 2.24) is 9.13 Å². The van der Waals surface area contributed by atoms with Crippen LogP contribution in [0.2, 0.25) is 5.02 Å². The predicted molar refractivity (Wildman–Crippen MR) is 98.5 cm³/mol. The molecule has 0 bridgehead atoms. The number of aryl methyl sites for hydroxylation is 1. The summed E-state index contributed by atoms with van der Waals surface area (Å²) in [7, 11) is 0. The molecule has 1 N–H and O–H groups in total. The second-order valence-electron chi connectivity index (χ2n) is 6.94. The number of nitrogens with zero attached hydrogens (tertiary/aromatic N) is 2. The van der Waals surface area contributed by atoms with Crippen LogP contribution in [0.1, 0.15) is 44.2 Å². The van der Waals surface area contributed by atoms with Crippen molar-refractivity contribution < 1.29 is 5.11 Å². The first kappa shape index (κ1) is 17.8. The first-order chi connectivity index (χ1) is 12.0. The number of aromatic hydroxyl groups is 1. The molecule has 6 heteroatoms. The molecule has 1 heterocycles. The van der Waals surface area contributed by atoms with E-state index in [-0.39, 0.29) is 11.9 Å². The number of rotatable bonds is 4. The maximum atomic E-state index is 12.8. The van der Waals surface area contributed by atoms with Gasteiger partial charge >= 0.3 is 5.69 Å². The summed E-state index contributed by atoms with van der Waals surface area (Å²) >= 11 is 5.88. The summed E-state index contributed by atoms with van der Waals surface area (Å²) in [6, 6.07) is 8.46. The Bertz CT molecular complexity index is 846. The minimum atomic E-state index is -0.418. The molecule has 0 saturated heterocycles. The van der Waals surface area contributed by atoms with Crippen LogP contribution in [0, 0.1) is 5.92 Å². The standard InChI is InChI=1S/C19H23ClN2O3/c1-13-2-8-16(9-3-13)22-18(24)12-17(23)21(19(22)25)11-10-14-4-6-15(20)7-5-14/h4-7,12-13,16,23H,2-3,8-11H2,1H3. The molecule has 0 atom stereocenters. The van der Waals surface area contributed by atoms with Gasteiger partial charge in [0.15, 0.2) is 0 Å². The van der Waals surface area contributed by atoms with E-state index in [1.165, 1.54) is 9.13 Å². The Balaban J connectivity index is 1.86. The molecule has 0 radical (unpaired) electrons. The maximum Gasteiger partial charge on any atom is 0.334 e. The molecule has 134 valence electrons. The third-order valence-electron chi connectivity index (χ3n) is 5.09. The van der Waals surface area contributed by atoms with Crippen molar-refractivity contribution in [3.05, 3.63) is 61.8 Å². The van der Waals surface area contributed by atoms with Gasteiger partial charge in [0.1, 0.15) is 0 Å². The van der Waals surface area contributed by atoms with Gasteiger partial charge in [0.05, 0.1) is 6.07 Å². The smallest absolute Gasteiger partial charge is 0.334 e. The van der Waals surface area contributed by atoms with Crippen molar-refractivity contribution in [2.75, 3.05) is 0 Å². The fourth-order valence-electron chi connectivity index (χ4n) is 3.52. The quantitative estimate of drug-likeness (QED) is 0.907. The third-order valence-corrected chi connectivity index (χ3v) is 5.34. The molecule has 3 rings (SSSR count). The monoisotopic (exact) mass is 362 g/mol. The molecule has 0 spiro atoms. The molecule has 1 aliphatic carbocycles. The second kappa shape index (κ2) is 7.48. The molecule has 1 saturated carbocycles. The van der Waals surface area contributed by atoms with Crippen molar-refractivity contribution in [2.24, 2.45) is 5.92 Å². The normalized spacial score (nSPS) is 20.6. The Labute approximate surface area is 151 Å². The van der Waals surface area contributed by atoms with E-state index in [1.54, 1.807) is 12.1 Å². The number of halogens is 1. The highest BCUT2D eigenvalue weighted by Gasteiger charge is 2.23. The first-order valence-electron chi connectivity index (χ1n) is 8.75. The van der Waals surface area contributed by atoms with Gasteiger partial charge in [-0.25, -0.2) is 4.79 Å². The molecule has 0 unspecified atom stereocenters. The Morgan fingerprint density at radius 1 is 1.12 bits per heavy atom. The van der Waals surface area contributed by atoms with Crippen LogP contribution >= 0.6 is 11.6 Å². The molecule has 2 aromatic rings. The van der Waals surface area contributed by atoms with E-state index in [4.69, 9.17) is 11.6 Å². The highest BCUT2D eigenvalue weighted by molar-refractivity contribution is 6.30. The Kier molecular flexibility index (Phi) is 5.33. The molecule has 0 aliphatic heterocycles. The predicted octanol–water partition coefficient (Wildman–Crippen LogP) is 3.36. The fraction of sp³-hybridized carbons (Fsp3) is 0.474. The van der Waals surface area contributed by atoms with Crippen LogP contribution in [0.3, 0.4) is 0 Å². The second-order valence-corrected chi connectivity index (χ2v) is 7.37. The Hall–Kier alpha value is -2.01. The number of benzene rings is 1. The number of aromatic nitrogens is 2. The highest BCUT2D eigenvalue weighted by atomic mass is 35.5. The lowest BCUT2D eigenvalue weighted by atomic mass is 9.87. The van der Waals surface area contributed by atoms with Crippen molar-refractivity contribution in [3.63, 3.8) is 0 Å². The van der Waals surface area contributed by atoms with Gasteiger partial charge in [-0.1, -0.05) is 30.7 Å². The van der Waals surface area contributed by atoms with Crippen LogP contribution in [0.4, 0.5) is 0 Å². The van der Waals surface area contributed by atoms with E-state index in [9.17, 15) is 14.7 Å². The molecular weight excluding hydrogens is 340 g/mol. The van der Waals surface area contributed by atoms with Gasteiger partial charge in [-0.05, 0) is 55.7 Å². The van der Waals surface area contributed by atoms with E-state index in [0.29, 0.717) is 23.9 Å². The summed E-state index contributed by atoms with van der Waals surface area (Å²) in [4.78, 5) is 25.1. The summed E-state index contributed by atoms with van der Waals surface area (Å²) < 4.78 is 2.61. The average molecular weight is 363 g/mol. The molecule has 1 fully saturated rings. The Morgan fingerprint density at radius 3 is 2.40 bits per heavy atom. The van der Waals surface area contributed by atoms with Gasteiger partial charge in [-0.3, -0.25) is 13.9 Å². The van der Waals surface area contributed by atoms with Gasteiger partial charge in [0.25, 0.3) is 5.56 Å². The summed E-state index contributed by atoms with van der Waals surface area (Å²) in [6.45, 7) is 2.51. The minimum absolute atomic E-state index is 0.0708. The largest absolute Gasteiger partial charge is 0.494 e. The SMILES string of the molecule is CC1CCC(n2c(=O)cc(O)n(CCc3ccc(Cl)cc3)c2=O)CC1. The van der Waals surface area contributed by atoms with Gasteiger partial charge in [-0.2, -0.15) is 0 Å². The average Bonchev–Trinajstić information content (AvgIpc) is 2.57. The third kappa shape index (κ3) is 3.98. The van der Waals surface area contributed by atoms with Crippen molar-refractivity contribution in [1.29, 1.82) is 0 Å². The maximum absolute atomic E-state index is 12.8. The molecular formula is C19H23ClN2O3. The summed E-state index contributed by atoms with van der Waals surface area (Å²) in [6.07, 6.45) is 4.27. The molecule has 25 heavy (non-hydrogen) atoms. The Morgan fingerprint density at radius 2 is 1.76 bits per heavy atom. The lowest BCUT2D eigenvalue weighted by Crippen LogP contribution is -2.42. The summed E-state index contributed by atoms with van der Waals surface area (Å²) in [5, 5.41) is 10.7. The van der Waals surface area contributed by atoms with Gasteiger partial charge in [0, 0.05) is 17.6 Å². The van der Waals surface area contributed by atoms with E-state index in [2.05, 4.69) is 6.92 Å². The van der Waals surface area contributed by atoms with Crippen LogP contribution < -0.4 is 11.2 Å². The fourth-order valence-corrected chi connectivity index (χ4v) is 3.65. The van der Waals surface area contributed by atoms with Gasteiger partial charge < -0.3 is 5.11 Å². The topological polar surface area (TPSA) is 64.2 Å². The first-order valence-corrected chi connectivity index (χ1v) is 9.13. The summed E-state index contributed by atoms with van der Waals surface area (Å²) in [5.41, 5.74) is 0.184. The molecule has 1 aromatic heterocycles.